The van der Waals surface area contributed by atoms with Crippen molar-refractivity contribution in [3.05, 3.63) is 57.6 Å². The molecule has 0 amide bonds. The molecule has 2 rings (SSSR count). The fraction of sp³-hybridized carbons (Fsp3) is 0.250. The van der Waals surface area contributed by atoms with Gasteiger partial charge in [0.1, 0.15) is 18.1 Å². The van der Waals surface area contributed by atoms with E-state index < -0.39 is 0 Å². The van der Waals surface area contributed by atoms with Crippen molar-refractivity contribution < 1.29 is 9.47 Å². The first-order valence-electron chi connectivity index (χ1n) is 6.12. The van der Waals surface area contributed by atoms with E-state index in [2.05, 4.69) is 35.8 Å². The molecule has 0 aliphatic heterocycles. The summed E-state index contributed by atoms with van der Waals surface area (Å²) in [6.45, 7) is 4.69. The number of ether oxygens (including phenoxy) is 2. The fourth-order valence-electron chi connectivity index (χ4n) is 1.98. The Hall–Kier alpha value is -1.48. The van der Waals surface area contributed by atoms with E-state index in [1.165, 1.54) is 11.1 Å². The smallest absolute Gasteiger partial charge is 0.133 e. The van der Waals surface area contributed by atoms with Gasteiger partial charge in [0.2, 0.25) is 0 Å². The highest BCUT2D eigenvalue weighted by molar-refractivity contribution is 9.10. The standard InChI is InChI=1S/C16H17BrO2/c1-11-6-12(2)8-14(7-11)19-10-13-4-5-16(18-3)15(17)9-13/h4-9H,10H2,1-3H3. The maximum Gasteiger partial charge on any atom is 0.133 e. The van der Waals surface area contributed by atoms with Crippen LogP contribution in [0.25, 0.3) is 0 Å². The van der Waals surface area contributed by atoms with Gasteiger partial charge >= 0.3 is 0 Å². The van der Waals surface area contributed by atoms with Crippen LogP contribution in [-0.2, 0) is 6.61 Å². The molecular formula is C16H17BrO2. The Morgan fingerprint density at radius 3 is 2.26 bits per heavy atom. The van der Waals surface area contributed by atoms with Gasteiger partial charge in [0.15, 0.2) is 0 Å². The molecule has 0 N–H and O–H groups in total. The number of aryl methyl sites for hydroxylation is 2. The van der Waals surface area contributed by atoms with Crippen molar-refractivity contribution in [2.45, 2.75) is 20.5 Å². The molecule has 0 unspecified atom stereocenters. The fourth-order valence-corrected chi connectivity index (χ4v) is 2.57. The van der Waals surface area contributed by atoms with Gasteiger partial charge in [0, 0.05) is 0 Å². The number of benzene rings is 2. The van der Waals surface area contributed by atoms with Crippen molar-refractivity contribution in [3.63, 3.8) is 0 Å². The maximum absolute atomic E-state index is 5.82. The zero-order valence-electron chi connectivity index (χ0n) is 11.4. The number of rotatable bonds is 4. The van der Waals surface area contributed by atoms with Gasteiger partial charge in [-0.2, -0.15) is 0 Å². The third-order valence-corrected chi connectivity index (χ3v) is 3.44. The zero-order valence-corrected chi connectivity index (χ0v) is 13.0. The van der Waals surface area contributed by atoms with E-state index in [1.54, 1.807) is 7.11 Å². The summed E-state index contributed by atoms with van der Waals surface area (Å²) < 4.78 is 12.0. The Kier molecular flexibility index (Phi) is 4.48. The first-order valence-corrected chi connectivity index (χ1v) is 6.91. The molecule has 0 aliphatic carbocycles. The minimum absolute atomic E-state index is 0.547. The molecule has 0 fully saturated rings. The van der Waals surface area contributed by atoms with Gasteiger partial charge in [-0.25, -0.2) is 0 Å². The number of hydrogen-bond donors (Lipinski definition) is 0. The van der Waals surface area contributed by atoms with Crippen molar-refractivity contribution >= 4 is 15.9 Å². The quantitative estimate of drug-likeness (QED) is 0.816. The molecule has 100 valence electrons. The first-order chi connectivity index (χ1) is 9.08. The van der Waals surface area contributed by atoms with Crippen molar-refractivity contribution in [2.24, 2.45) is 0 Å². The summed E-state index contributed by atoms with van der Waals surface area (Å²) in [5, 5.41) is 0. The number of halogens is 1. The Morgan fingerprint density at radius 1 is 1.00 bits per heavy atom. The van der Waals surface area contributed by atoms with Crippen LogP contribution in [0.2, 0.25) is 0 Å². The lowest BCUT2D eigenvalue weighted by atomic mass is 10.1. The van der Waals surface area contributed by atoms with Crippen LogP contribution in [-0.4, -0.2) is 7.11 Å². The average Bonchev–Trinajstić information content (AvgIpc) is 2.35. The van der Waals surface area contributed by atoms with Crippen LogP contribution in [0.15, 0.2) is 40.9 Å². The molecule has 3 heteroatoms. The van der Waals surface area contributed by atoms with E-state index in [1.807, 2.05) is 30.3 Å². The molecular weight excluding hydrogens is 304 g/mol. The van der Waals surface area contributed by atoms with Gasteiger partial charge in [-0.05, 0) is 70.7 Å². The SMILES string of the molecule is COc1ccc(COc2cc(C)cc(C)c2)cc1Br. The summed E-state index contributed by atoms with van der Waals surface area (Å²) in [5.41, 5.74) is 3.53. The van der Waals surface area contributed by atoms with Gasteiger partial charge in [-0.15, -0.1) is 0 Å². The van der Waals surface area contributed by atoms with Crippen molar-refractivity contribution in [1.29, 1.82) is 0 Å². The highest BCUT2D eigenvalue weighted by Gasteiger charge is 2.03. The summed E-state index contributed by atoms with van der Waals surface area (Å²) in [7, 11) is 1.66. The Labute approximate surface area is 122 Å². The number of methoxy groups -OCH3 is 1. The first kappa shape index (κ1) is 13.9. The molecule has 0 saturated carbocycles. The van der Waals surface area contributed by atoms with Crippen molar-refractivity contribution in [2.75, 3.05) is 7.11 Å². The van der Waals surface area contributed by atoms with Crippen LogP contribution in [0.1, 0.15) is 16.7 Å². The van der Waals surface area contributed by atoms with Crippen LogP contribution < -0.4 is 9.47 Å². The Bertz CT molecular complexity index is 559. The average molecular weight is 321 g/mol. The van der Waals surface area contributed by atoms with Crippen molar-refractivity contribution in [1.82, 2.24) is 0 Å². The van der Waals surface area contributed by atoms with Crippen molar-refractivity contribution in [3.8, 4) is 11.5 Å². The van der Waals surface area contributed by atoms with E-state index in [0.717, 1.165) is 21.5 Å². The van der Waals surface area contributed by atoms with E-state index in [0.29, 0.717) is 6.61 Å². The lowest BCUT2D eigenvalue weighted by Gasteiger charge is -2.10. The molecule has 0 saturated heterocycles. The van der Waals surface area contributed by atoms with E-state index >= 15 is 0 Å². The molecule has 2 nitrogen and oxygen atoms in total. The maximum atomic E-state index is 5.82. The van der Waals surface area contributed by atoms with Gasteiger partial charge < -0.3 is 9.47 Å². The van der Waals surface area contributed by atoms with Gasteiger partial charge in [-0.1, -0.05) is 12.1 Å². The predicted molar refractivity (Wildman–Crippen MR) is 80.9 cm³/mol. The summed E-state index contributed by atoms with van der Waals surface area (Å²) in [6.07, 6.45) is 0. The molecule has 0 radical (unpaired) electrons. The third-order valence-electron chi connectivity index (χ3n) is 2.82. The molecule has 19 heavy (non-hydrogen) atoms. The third kappa shape index (κ3) is 3.74. The summed E-state index contributed by atoms with van der Waals surface area (Å²) in [6, 6.07) is 12.2. The zero-order chi connectivity index (χ0) is 13.8. The minimum atomic E-state index is 0.547. The van der Waals surface area contributed by atoms with Gasteiger partial charge in [0.25, 0.3) is 0 Å². The molecule has 0 bridgehead atoms. The lowest BCUT2D eigenvalue weighted by molar-refractivity contribution is 0.305. The van der Waals surface area contributed by atoms with E-state index in [9.17, 15) is 0 Å². The largest absolute Gasteiger partial charge is 0.496 e. The molecule has 0 heterocycles. The van der Waals surface area contributed by atoms with Crippen LogP contribution in [0.3, 0.4) is 0 Å². The summed E-state index contributed by atoms with van der Waals surface area (Å²) in [4.78, 5) is 0. The van der Waals surface area contributed by atoms with Gasteiger partial charge in [-0.3, -0.25) is 0 Å². The number of hydrogen-bond acceptors (Lipinski definition) is 2. The lowest BCUT2D eigenvalue weighted by Crippen LogP contribution is -1.97. The predicted octanol–water partition coefficient (Wildman–Crippen LogP) is 4.65. The second kappa shape index (κ2) is 6.11. The topological polar surface area (TPSA) is 18.5 Å². The molecule has 2 aromatic rings. The van der Waals surface area contributed by atoms with Crippen LogP contribution in [0, 0.1) is 13.8 Å². The van der Waals surface area contributed by atoms with Gasteiger partial charge in [0.05, 0.1) is 11.6 Å². The molecule has 0 spiro atoms. The van der Waals surface area contributed by atoms with E-state index in [4.69, 9.17) is 9.47 Å². The second-order valence-corrected chi connectivity index (χ2v) is 5.44. The highest BCUT2D eigenvalue weighted by atomic mass is 79.9. The molecule has 2 aromatic carbocycles. The molecule has 0 aliphatic rings. The van der Waals surface area contributed by atoms with Crippen LogP contribution in [0.4, 0.5) is 0 Å². The normalized spacial score (nSPS) is 10.3. The monoisotopic (exact) mass is 320 g/mol. The Balaban J connectivity index is 2.08. The van der Waals surface area contributed by atoms with Crippen LogP contribution >= 0.6 is 15.9 Å². The van der Waals surface area contributed by atoms with E-state index in [-0.39, 0.29) is 0 Å². The minimum Gasteiger partial charge on any atom is -0.496 e. The molecule has 0 atom stereocenters. The summed E-state index contributed by atoms with van der Waals surface area (Å²) in [5.74, 6) is 1.74. The highest BCUT2D eigenvalue weighted by Crippen LogP contribution is 2.26. The Morgan fingerprint density at radius 2 is 1.68 bits per heavy atom. The second-order valence-electron chi connectivity index (χ2n) is 4.58. The molecule has 0 aromatic heterocycles. The van der Waals surface area contributed by atoms with Crippen LogP contribution in [0.5, 0.6) is 11.5 Å². The summed E-state index contributed by atoms with van der Waals surface area (Å²) >= 11 is 3.48.